The van der Waals surface area contributed by atoms with Gasteiger partial charge in [0, 0.05) is 25.2 Å². The Balaban J connectivity index is 1.99. The van der Waals surface area contributed by atoms with Crippen LogP contribution < -0.4 is 5.73 Å². The Bertz CT molecular complexity index is 527. The predicted molar refractivity (Wildman–Crippen MR) is 66.6 cm³/mol. The van der Waals surface area contributed by atoms with Gasteiger partial charge < -0.3 is 5.73 Å². The molecule has 17 heavy (non-hydrogen) atoms. The van der Waals surface area contributed by atoms with Gasteiger partial charge >= 0.3 is 0 Å². The zero-order valence-electron chi connectivity index (χ0n) is 9.93. The molecule has 0 fully saturated rings. The Morgan fingerprint density at radius 1 is 1.24 bits per heavy atom. The average molecular weight is 228 g/mol. The van der Waals surface area contributed by atoms with Crippen molar-refractivity contribution in [1.82, 2.24) is 14.7 Å². The Kier molecular flexibility index (Phi) is 2.46. The lowest BCUT2D eigenvalue weighted by Crippen LogP contribution is -2.11. The number of hydrogen-bond donors (Lipinski definition) is 1. The van der Waals surface area contributed by atoms with Crippen molar-refractivity contribution in [2.24, 2.45) is 5.73 Å². The molecule has 88 valence electrons. The molecule has 0 saturated heterocycles. The van der Waals surface area contributed by atoms with Crippen molar-refractivity contribution in [2.75, 3.05) is 7.05 Å². The number of nitrogens with two attached hydrogens (primary N) is 1. The van der Waals surface area contributed by atoms with Crippen LogP contribution in [-0.4, -0.2) is 21.7 Å². The van der Waals surface area contributed by atoms with Gasteiger partial charge in [0.05, 0.1) is 17.6 Å². The van der Waals surface area contributed by atoms with E-state index in [2.05, 4.69) is 41.3 Å². The summed E-state index contributed by atoms with van der Waals surface area (Å²) in [5.41, 5.74) is 10.5. The number of rotatable bonds is 2. The van der Waals surface area contributed by atoms with E-state index in [-0.39, 0.29) is 0 Å². The lowest BCUT2D eigenvalue weighted by Gasteiger charge is -2.09. The summed E-state index contributed by atoms with van der Waals surface area (Å²) < 4.78 is 2.03. The van der Waals surface area contributed by atoms with Gasteiger partial charge in [-0.15, -0.1) is 0 Å². The van der Waals surface area contributed by atoms with Crippen molar-refractivity contribution in [3.63, 3.8) is 0 Å². The molecule has 2 N–H and O–H groups in total. The number of hydrogen-bond acceptors (Lipinski definition) is 3. The predicted octanol–water partition coefficient (Wildman–Crippen LogP) is 1.28. The van der Waals surface area contributed by atoms with Gasteiger partial charge in [-0.05, 0) is 24.7 Å². The molecule has 1 aliphatic heterocycles. The van der Waals surface area contributed by atoms with Gasteiger partial charge in [0.2, 0.25) is 0 Å². The van der Waals surface area contributed by atoms with Crippen LogP contribution in [0, 0.1) is 0 Å². The normalized spacial score (nSPS) is 15.2. The Morgan fingerprint density at radius 2 is 2.00 bits per heavy atom. The van der Waals surface area contributed by atoms with Gasteiger partial charge in [-0.1, -0.05) is 12.1 Å². The highest BCUT2D eigenvalue weighted by Gasteiger charge is 2.21. The summed E-state index contributed by atoms with van der Waals surface area (Å²) in [5, 5.41) is 4.46. The van der Waals surface area contributed by atoms with Gasteiger partial charge in [-0.3, -0.25) is 4.90 Å². The first-order valence-corrected chi connectivity index (χ1v) is 5.81. The molecule has 0 spiro atoms. The summed E-state index contributed by atoms with van der Waals surface area (Å²) in [6, 6.07) is 8.27. The molecule has 4 nitrogen and oxygen atoms in total. The third-order valence-electron chi connectivity index (χ3n) is 3.23. The fourth-order valence-corrected chi connectivity index (χ4v) is 2.31. The van der Waals surface area contributed by atoms with E-state index in [1.54, 1.807) is 0 Å². The van der Waals surface area contributed by atoms with Crippen molar-refractivity contribution < 1.29 is 0 Å². The highest BCUT2D eigenvalue weighted by atomic mass is 15.3. The molecule has 1 aromatic carbocycles. The van der Waals surface area contributed by atoms with Crippen molar-refractivity contribution >= 4 is 0 Å². The summed E-state index contributed by atoms with van der Waals surface area (Å²) >= 11 is 0. The molecular weight excluding hydrogens is 212 g/mol. The second-order valence-corrected chi connectivity index (χ2v) is 4.57. The van der Waals surface area contributed by atoms with Crippen LogP contribution in [0.25, 0.3) is 5.69 Å². The minimum atomic E-state index is 0.584. The highest BCUT2D eigenvalue weighted by molar-refractivity contribution is 5.38. The molecule has 0 aliphatic carbocycles. The summed E-state index contributed by atoms with van der Waals surface area (Å²) in [4.78, 5) is 2.29. The van der Waals surface area contributed by atoms with Gasteiger partial charge in [-0.25, -0.2) is 4.68 Å². The van der Waals surface area contributed by atoms with Crippen LogP contribution in [-0.2, 0) is 19.6 Å². The molecule has 0 atom stereocenters. The van der Waals surface area contributed by atoms with E-state index in [0.29, 0.717) is 6.54 Å². The first-order chi connectivity index (χ1) is 8.28. The molecule has 3 rings (SSSR count). The summed E-state index contributed by atoms with van der Waals surface area (Å²) in [6.07, 6.45) is 1.97. The molecule has 1 aliphatic rings. The Labute approximate surface area is 101 Å². The smallest absolute Gasteiger partial charge is 0.0649 e. The fourth-order valence-electron chi connectivity index (χ4n) is 2.31. The van der Waals surface area contributed by atoms with Crippen LogP contribution in [0.3, 0.4) is 0 Å². The highest BCUT2D eigenvalue weighted by Crippen LogP contribution is 2.23. The molecule has 0 amide bonds. The molecule has 1 aromatic heterocycles. The molecule has 2 heterocycles. The second kappa shape index (κ2) is 3.98. The lowest BCUT2D eigenvalue weighted by molar-refractivity contribution is 0.346. The molecule has 4 heteroatoms. The quantitative estimate of drug-likeness (QED) is 0.842. The van der Waals surface area contributed by atoms with Crippen LogP contribution in [0.2, 0.25) is 0 Å². The van der Waals surface area contributed by atoms with Crippen LogP contribution in [0.4, 0.5) is 0 Å². The maximum atomic E-state index is 5.60. The standard InChI is InChI=1S/C13H16N4/c1-16-8-11-7-15-17(13(11)9-16)12-4-2-10(6-14)3-5-12/h2-5,7H,6,8-9,14H2,1H3. The first kappa shape index (κ1) is 10.5. The van der Waals surface area contributed by atoms with Crippen molar-refractivity contribution in [2.45, 2.75) is 19.6 Å². The van der Waals surface area contributed by atoms with Crippen LogP contribution in [0.5, 0.6) is 0 Å². The molecule has 0 saturated carbocycles. The maximum Gasteiger partial charge on any atom is 0.0649 e. The zero-order chi connectivity index (χ0) is 11.8. The topological polar surface area (TPSA) is 47.1 Å². The minimum Gasteiger partial charge on any atom is -0.326 e. The molecule has 0 unspecified atom stereocenters. The summed E-state index contributed by atoms with van der Waals surface area (Å²) in [6.45, 7) is 2.55. The number of nitrogens with zero attached hydrogens (tertiary/aromatic N) is 3. The third kappa shape index (κ3) is 1.75. The van der Waals surface area contributed by atoms with E-state index < -0.39 is 0 Å². The monoisotopic (exact) mass is 228 g/mol. The largest absolute Gasteiger partial charge is 0.326 e. The van der Waals surface area contributed by atoms with Gasteiger partial charge in [0.15, 0.2) is 0 Å². The van der Waals surface area contributed by atoms with Crippen molar-refractivity contribution in [1.29, 1.82) is 0 Å². The molecular formula is C13H16N4. The summed E-state index contributed by atoms with van der Waals surface area (Å²) in [7, 11) is 2.13. The van der Waals surface area contributed by atoms with E-state index in [1.807, 2.05) is 10.9 Å². The number of aromatic nitrogens is 2. The van der Waals surface area contributed by atoms with Gasteiger partial charge in [0.1, 0.15) is 0 Å². The third-order valence-corrected chi connectivity index (χ3v) is 3.23. The molecule has 2 aromatic rings. The zero-order valence-corrected chi connectivity index (χ0v) is 9.93. The van der Waals surface area contributed by atoms with E-state index in [9.17, 15) is 0 Å². The Morgan fingerprint density at radius 3 is 2.71 bits per heavy atom. The van der Waals surface area contributed by atoms with Crippen molar-refractivity contribution in [3.8, 4) is 5.69 Å². The van der Waals surface area contributed by atoms with Crippen molar-refractivity contribution in [3.05, 3.63) is 47.3 Å². The lowest BCUT2D eigenvalue weighted by atomic mass is 10.2. The average Bonchev–Trinajstić information content (AvgIpc) is 2.88. The van der Waals surface area contributed by atoms with E-state index in [1.165, 1.54) is 11.3 Å². The second-order valence-electron chi connectivity index (χ2n) is 4.57. The van der Waals surface area contributed by atoms with Gasteiger partial charge in [-0.2, -0.15) is 5.10 Å². The maximum absolute atomic E-state index is 5.60. The Hall–Kier alpha value is -1.65. The SMILES string of the molecule is CN1Cc2cnn(-c3ccc(CN)cc3)c2C1. The van der Waals surface area contributed by atoms with Gasteiger partial charge in [0.25, 0.3) is 0 Å². The molecule has 0 radical (unpaired) electrons. The van der Waals surface area contributed by atoms with E-state index in [0.717, 1.165) is 24.3 Å². The van der Waals surface area contributed by atoms with Crippen LogP contribution in [0.1, 0.15) is 16.8 Å². The fraction of sp³-hybridized carbons (Fsp3) is 0.308. The minimum absolute atomic E-state index is 0.584. The number of fused-ring (bicyclic) bond motifs is 1. The first-order valence-electron chi connectivity index (χ1n) is 5.81. The van der Waals surface area contributed by atoms with E-state index >= 15 is 0 Å². The number of benzene rings is 1. The van der Waals surface area contributed by atoms with Crippen LogP contribution in [0.15, 0.2) is 30.5 Å². The van der Waals surface area contributed by atoms with E-state index in [4.69, 9.17) is 5.73 Å². The summed E-state index contributed by atoms with van der Waals surface area (Å²) in [5.74, 6) is 0. The van der Waals surface area contributed by atoms with Crippen LogP contribution >= 0.6 is 0 Å². The molecule has 0 bridgehead atoms.